The van der Waals surface area contributed by atoms with Gasteiger partial charge >= 0.3 is 0 Å². The predicted molar refractivity (Wildman–Crippen MR) is 83.4 cm³/mol. The number of nitrogens with zero attached hydrogens (tertiary/aromatic N) is 2. The molecule has 0 aliphatic heterocycles. The van der Waals surface area contributed by atoms with Crippen LogP contribution in [0.5, 0.6) is 11.5 Å². The first kappa shape index (κ1) is 15.9. The van der Waals surface area contributed by atoms with Crippen LogP contribution in [0.2, 0.25) is 0 Å². The number of carbonyl (C=O) groups excluding carboxylic acids is 1. The van der Waals surface area contributed by atoms with E-state index in [1.165, 1.54) is 0 Å². The van der Waals surface area contributed by atoms with Gasteiger partial charge in [0.2, 0.25) is 0 Å². The molecule has 0 saturated carbocycles. The lowest BCUT2D eigenvalue weighted by Gasteiger charge is -2.18. The van der Waals surface area contributed by atoms with Crippen LogP contribution in [0.15, 0.2) is 24.3 Å². The van der Waals surface area contributed by atoms with Crippen LogP contribution in [0.4, 0.5) is 0 Å². The first-order valence-electron chi connectivity index (χ1n) is 6.99. The number of methoxy groups -OCH3 is 2. The van der Waals surface area contributed by atoms with Gasteiger partial charge < -0.3 is 14.8 Å². The highest BCUT2D eigenvalue weighted by Crippen LogP contribution is 2.29. The van der Waals surface area contributed by atoms with Crippen LogP contribution in [0.1, 0.15) is 34.7 Å². The third-order valence-corrected chi connectivity index (χ3v) is 3.49. The maximum atomic E-state index is 12.4. The zero-order valence-electron chi connectivity index (χ0n) is 13.5. The summed E-state index contributed by atoms with van der Waals surface area (Å²) in [6.07, 6.45) is 0. The number of carbonyl (C=O) groups is 1. The Morgan fingerprint density at radius 1 is 1.27 bits per heavy atom. The average Bonchev–Trinajstić information content (AvgIpc) is 2.85. The monoisotopic (exact) mass is 303 g/mol. The van der Waals surface area contributed by atoms with Crippen molar-refractivity contribution in [2.45, 2.75) is 19.9 Å². The minimum atomic E-state index is -0.229. The van der Waals surface area contributed by atoms with Gasteiger partial charge in [0, 0.05) is 12.6 Å². The van der Waals surface area contributed by atoms with E-state index in [1.54, 1.807) is 32.0 Å². The fourth-order valence-corrected chi connectivity index (χ4v) is 2.35. The molecule has 1 heterocycles. The summed E-state index contributed by atoms with van der Waals surface area (Å²) in [5.41, 5.74) is 2.18. The average molecular weight is 303 g/mol. The lowest BCUT2D eigenvalue weighted by atomic mass is 10.1. The smallest absolute Gasteiger partial charge is 0.270 e. The second-order valence-electron chi connectivity index (χ2n) is 5.10. The summed E-state index contributed by atoms with van der Waals surface area (Å²) in [6, 6.07) is 7.03. The highest BCUT2D eigenvalue weighted by Gasteiger charge is 2.18. The summed E-state index contributed by atoms with van der Waals surface area (Å²) < 4.78 is 12.2. The molecule has 118 valence electrons. The summed E-state index contributed by atoms with van der Waals surface area (Å²) >= 11 is 0. The molecule has 1 unspecified atom stereocenters. The predicted octanol–water partition coefficient (Wildman–Crippen LogP) is 2.24. The van der Waals surface area contributed by atoms with Gasteiger partial charge in [-0.2, -0.15) is 5.10 Å². The first-order valence-corrected chi connectivity index (χ1v) is 6.99. The van der Waals surface area contributed by atoms with E-state index in [1.807, 2.05) is 32.0 Å². The topological polar surface area (TPSA) is 65.4 Å². The van der Waals surface area contributed by atoms with Gasteiger partial charge in [0.15, 0.2) is 0 Å². The van der Waals surface area contributed by atoms with E-state index in [0.717, 1.165) is 11.3 Å². The van der Waals surface area contributed by atoms with E-state index in [2.05, 4.69) is 10.4 Å². The van der Waals surface area contributed by atoms with Crippen molar-refractivity contribution in [3.8, 4) is 11.5 Å². The van der Waals surface area contributed by atoms with Crippen LogP contribution < -0.4 is 14.8 Å². The fourth-order valence-electron chi connectivity index (χ4n) is 2.35. The number of aromatic nitrogens is 2. The fraction of sp³-hybridized carbons (Fsp3) is 0.375. The third-order valence-electron chi connectivity index (χ3n) is 3.49. The molecule has 0 bridgehead atoms. The van der Waals surface area contributed by atoms with Gasteiger partial charge in [-0.3, -0.25) is 9.48 Å². The Bertz CT molecular complexity index is 679. The molecule has 6 nitrogen and oxygen atoms in total. The summed E-state index contributed by atoms with van der Waals surface area (Å²) in [4.78, 5) is 12.4. The van der Waals surface area contributed by atoms with Crippen LogP contribution >= 0.6 is 0 Å². The molecular formula is C16H21N3O3. The van der Waals surface area contributed by atoms with Crippen molar-refractivity contribution in [1.82, 2.24) is 15.1 Å². The lowest BCUT2D eigenvalue weighted by molar-refractivity contribution is 0.0930. The molecule has 22 heavy (non-hydrogen) atoms. The molecular weight excluding hydrogens is 282 g/mol. The molecule has 0 aliphatic rings. The maximum Gasteiger partial charge on any atom is 0.270 e. The minimum Gasteiger partial charge on any atom is -0.497 e. The molecule has 1 atom stereocenters. The number of aryl methyl sites for hydroxylation is 2. The van der Waals surface area contributed by atoms with Gasteiger partial charge in [-0.05, 0) is 38.1 Å². The quantitative estimate of drug-likeness (QED) is 0.920. The Balaban J connectivity index is 2.23. The van der Waals surface area contributed by atoms with Gasteiger partial charge in [-0.25, -0.2) is 0 Å². The van der Waals surface area contributed by atoms with Gasteiger partial charge in [0.25, 0.3) is 5.91 Å². The second-order valence-corrected chi connectivity index (χ2v) is 5.10. The van der Waals surface area contributed by atoms with Crippen molar-refractivity contribution in [2.75, 3.05) is 14.2 Å². The number of benzene rings is 1. The molecule has 1 amide bonds. The second kappa shape index (κ2) is 6.51. The molecule has 0 spiro atoms. The molecule has 2 rings (SSSR count). The zero-order valence-corrected chi connectivity index (χ0v) is 13.5. The Hall–Kier alpha value is -2.50. The van der Waals surface area contributed by atoms with Gasteiger partial charge in [-0.15, -0.1) is 0 Å². The standard InChI is InChI=1S/C16H21N3O3/c1-10-8-14(19(3)18-10)16(20)17-11(2)13-9-12(21-4)6-7-15(13)22-5/h6-9,11H,1-5H3,(H,17,20). The summed E-state index contributed by atoms with van der Waals surface area (Å²) in [5.74, 6) is 1.24. The van der Waals surface area contributed by atoms with Gasteiger partial charge in [-0.1, -0.05) is 0 Å². The van der Waals surface area contributed by atoms with Gasteiger partial charge in [0.05, 0.1) is 26.0 Å². The van der Waals surface area contributed by atoms with E-state index >= 15 is 0 Å². The molecule has 6 heteroatoms. The van der Waals surface area contributed by atoms with Crippen molar-refractivity contribution in [2.24, 2.45) is 7.05 Å². The number of amides is 1. The first-order chi connectivity index (χ1) is 10.5. The minimum absolute atomic E-state index is 0.180. The van der Waals surface area contributed by atoms with Crippen molar-refractivity contribution in [3.63, 3.8) is 0 Å². The summed E-state index contributed by atoms with van der Waals surface area (Å²) in [7, 11) is 4.95. The van der Waals surface area contributed by atoms with Crippen LogP contribution in [0.25, 0.3) is 0 Å². The molecule has 0 radical (unpaired) electrons. The van der Waals surface area contributed by atoms with E-state index in [-0.39, 0.29) is 11.9 Å². The van der Waals surface area contributed by atoms with Crippen molar-refractivity contribution in [1.29, 1.82) is 0 Å². The van der Waals surface area contributed by atoms with Crippen molar-refractivity contribution >= 4 is 5.91 Å². The normalized spacial score (nSPS) is 11.9. The van der Waals surface area contributed by atoms with E-state index < -0.39 is 0 Å². The number of hydrogen-bond acceptors (Lipinski definition) is 4. The zero-order chi connectivity index (χ0) is 16.3. The Morgan fingerprint density at radius 2 is 2.00 bits per heavy atom. The Morgan fingerprint density at radius 3 is 2.55 bits per heavy atom. The number of ether oxygens (including phenoxy) is 2. The summed E-state index contributed by atoms with van der Waals surface area (Å²) in [5, 5.41) is 7.14. The molecule has 1 aromatic carbocycles. The van der Waals surface area contributed by atoms with Crippen LogP contribution in [-0.2, 0) is 7.05 Å². The van der Waals surface area contributed by atoms with Crippen molar-refractivity contribution in [3.05, 3.63) is 41.2 Å². The largest absolute Gasteiger partial charge is 0.497 e. The van der Waals surface area contributed by atoms with E-state index in [4.69, 9.17) is 9.47 Å². The maximum absolute atomic E-state index is 12.4. The molecule has 1 N–H and O–H groups in total. The number of rotatable bonds is 5. The van der Waals surface area contributed by atoms with E-state index in [9.17, 15) is 4.79 Å². The molecule has 0 saturated heterocycles. The number of nitrogens with one attached hydrogen (secondary N) is 1. The van der Waals surface area contributed by atoms with Gasteiger partial charge in [0.1, 0.15) is 17.2 Å². The van der Waals surface area contributed by atoms with Crippen LogP contribution in [0.3, 0.4) is 0 Å². The molecule has 0 aliphatic carbocycles. The Kier molecular flexibility index (Phi) is 4.70. The summed E-state index contributed by atoms with van der Waals surface area (Å²) in [6.45, 7) is 3.75. The third kappa shape index (κ3) is 3.21. The highest BCUT2D eigenvalue weighted by molar-refractivity contribution is 5.93. The number of hydrogen-bond donors (Lipinski definition) is 1. The van der Waals surface area contributed by atoms with E-state index in [0.29, 0.717) is 17.2 Å². The molecule has 0 fully saturated rings. The lowest BCUT2D eigenvalue weighted by Crippen LogP contribution is -2.28. The molecule has 2 aromatic rings. The van der Waals surface area contributed by atoms with Crippen LogP contribution in [-0.4, -0.2) is 29.9 Å². The van der Waals surface area contributed by atoms with Crippen LogP contribution in [0, 0.1) is 6.92 Å². The Labute approximate surface area is 130 Å². The highest BCUT2D eigenvalue weighted by atomic mass is 16.5. The molecule has 1 aromatic heterocycles. The van der Waals surface area contributed by atoms with Crippen molar-refractivity contribution < 1.29 is 14.3 Å². The SMILES string of the molecule is COc1ccc(OC)c(C(C)NC(=O)c2cc(C)nn2C)c1.